The Morgan fingerprint density at radius 2 is 1.15 bits per heavy atom. The molecule has 0 amide bonds. The topological polar surface area (TPSA) is 90.9 Å². The molecule has 0 aliphatic carbocycles. The molecule has 0 aromatic rings. The maximum Gasteiger partial charge on any atom is 1.00 e. The number of carbonyl (C=O) groups is 1. The van der Waals surface area contributed by atoms with E-state index in [0.29, 0.717) is 0 Å². The Labute approximate surface area is 123 Å². The molecule has 0 aliphatic rings. The fraction of sp³-hybridized carbons (Fsp3) is 0.750. The zero-order valence-electron chi connectivity index (χ0n) is 8.53. The molecule has 0 aliphatic heterocycles. The van der Waals surface area contributed by atoms with Crippen LogP contribution in [0.3, 0.4) is 0 Å². The van der Waals surface area contributed by atoms with E-state index in [4.69, 9.17) is 28.3 Å². The van der Waals surface area contributed by atoms with E-state index in [9.17, 15) is 0 Å². The second-order valence-electron chi connectivity index (χ2n) is 1.25. The summed E-state index contributed by atoms with van der Waals surface area (Å²) in [4.78, 5) is 8.33. The van der Waals surface area contributed by atoms with Crippen molar-refractivity contribution >= 4 is 15.7 Å². The van der Waals surface area contributed by atoms with Gasteiger partial charge in [0, 0.05) is 21.3 Å². The average molecular weight is 228 g/mol. The summed E-state index contributed by atoms with van der Waals surface area (Å²) in [6.07, 6.45) is -2.33. The van der Waals surface area contributed by atoms with E-state index in [0.717, 1.165) is 0 Å². The Morgan fingerprint density at radius 1 is 1.00 bits per heavy atom. The van der Waals surface area contributed by atoms with Crippen LogP contribution in [0.1, 0.15) is 0 Å². The van der Waals surface area contributed by atoms with Crippen molar-refractivity contribution < 1.29 is 87.4 Å². The number of rotatable bonds is 3. The van der Waals surface area contributed by atoms with Gasteiger partial charge in [-0.3, -0.25) is 0 Å². The van der Waals surface area contributed by atoms with Crippen molar-refractivity contribution in [2.24, 2.45) is 0 Å². The molecule has 0 unspecified atom stereocenters. The number of hydrogen-bond acceptors (Lipinski definition) is 6. The van der Waals surface area contributed by atoms with Gasteiger partial charge in [-0.15, -0.1) is 0 Å². The molecule has 0 fully saturated rings. The van der Waals surface area contributed by atoms with Crippen LogP contribution in [0.2, 0.25) is 0 Å². The predicted molar refractivity (Wildman–Crippen MR) is 33.6 cm³/mol. The van der Waals surface area contributed by atoms with E-state index in [-0.39, 0.29) is 59.1 Å². The average Bonchev–Trinajstić information content (AvgIpc) is 1.90. The van der Waals surface area contributed by atoms with Crippen molar-refractivity contribution in [2.75, 3.05) is 21.3 Å². The van der Waals surface area contributed by atoms with Gasteiger partial charge < -0.3 is 28.3 Å². The van der Waals surface area contributed by atoms with Crippen molar-refractivity contribution in [2.45, 2.75) is 0 Å². The second-order valence-corrected chi connectivity index (χ2v) is 3.24. The second kappa shape index (κ2) is 19.0. The van der Waals surface area contributed by atoms with Crippen LogP contribution in [0.5, 0.6) is 0 Å². The number of carboxylic acid groups (broad SMARTS) is 2. The fourth-order valence-electron chi connectivity index (χ4n) is 0.289. The van der Waals surface area contributed by atoms with Crippen LogP contribution in [0.15, 0.2) is 0 Å². The third-order valence-corrected chi connectivity index (χ3v) is 1.73. The van der Waals surface area contributed by atoms with Gasteiger partial charge in [-0.2, -0.15) is 0 Å². The summed E-state index contributed by atoms with van der Waals surface area (Å²) in [6, 6.07) is 0. The molecule has 9 heteroatoms. The zero-order chi connectivity index (χ0) is 9.28. The van der Waals surface area contributed by atoms with Gasteiger partial charge in [0.15, 0.2) is 0 Å². The summed E-state index contributed by atoms with van der Waals surface area (Å²) < 4.78 is 14.2. The van der Waals surface area contributed by atoms with Crippen LogP contribution in [-0.4, -0.2) is 37.0 Å². The zero-order valence-corrected chi connectivity index (χ0v) is 13.7. The molecule has 0 saturated carbocycles. The smallest absolute Gasteiger partial charge is 0.652 e. The molecule has 13 heavy (non-hydrogen) atoms. The molecule has 0 saturated heterocycles. The molecule has 0 radical (unpaired) electrons. The first-order valence-corrected chi connectivity index (χ1v) is 3.96. The van der Waals surface area contributed by atoms with E-state index in [1.165, 1.54) is 0 Å². The van der Waals surface area contributed by atoms with Gasteiger partial charge in [-0.05, 0) is 6.16 Å². The molecule has 0 spiro atoms. The van der Waals surface area contributed by atoms with E-state index in [2.05, 4.69) is 0 Å². The molecule has 0 atom stereocenters. The van der Waals surface area contributed by atoms with Gasteiger partial charge in [0.2, 0.25) is 0 Å². The molecule has 6 nitrogen and oxygen atoms in total. The minimum atomic E-state index is -2.33. The van der Waals surface area contributed by atoms with Gasteiger partial charge in [0.05, 0.1) is 0 Å². The maximum atomic E-state index is 8.33. The van der Waals surface area contributed by atoms with Crippen LogP contribution >= 0.6 is 0 Å². The number of carbonyl (C=O) groups excluding carboxylic acids is 1. The molecule has 0 aromatic heterocycles. The van der Waals surface area contributed by atoms with Gasteiger partial charge in [-0.25, -0.2) is 0 Å². The van der Waals surface area contributed by atoms with Crippen molar-refractivity contribution in [1.82, 2.24) is 0 Å². The summed E-state index contributed by atoms with van der Waals surface area (Å²) in [5.74, 6) is 0. The van der Waals surface area contributed by atoms with Gasteiger partial charge in [0.1, 0.15) is 0 Å². The van der Waals surface area contributed by atoms with E-state index >= 15 is 0 Å². The Kier molecular flexibility index (Phi) is 34.9. The quantitative estimate of drug-likeness (QED) is 0.445. The first-order valence-electron chi connectivity index (χ1n) is 2.54. The summed E-state index contributed by atoms with van der Waals surface area (Å²) in [5, 5.41) is 16.7. The Bertz CT molecular complexity index is 91.1. The van der Waals surface area contributed by atoms with E-state index in [1.54, 1.807) is 21.3 Å². The van der Waals surface area contributed by atoms with E-state index in [1.807, 2.05) is 0 Å². The largest absolute Gasteiger partial charge is 1.00 e. The van der Waals surface area contributed by atoms with Crippen LogP contribution in [-0.2, 0) is 13.3 Å². The molecular formula is C4H10Na2O6Si. The third kappa shape index (κ3) is 31.8. The summed E-state index contributed by atoms with van der Waals surface area (Å²) in [6.45, 7) is 0. The molecular weight excluding hydrogens is 218 g/mol. The summed E-state index contributed by atoms with van der Waals surface area (Å²) >= 11 is 0. The van der Waals surface area contributed by atoms with Crippen molar-refractivity contribution in [1.29, 1.82) is 0 Å². The Balaban J connectivity index is -0.0000000600. The SMILES string of the molecule is CO[SiH](OC)OC.O=C([O-])[O-].[Na+].[Na+]. The molecule has 0 aromatic carbocycles. The van der Waals surface area contributed by atoms with Crippen LogP contribution in [0.25, 0.3) is 0 Å². The minimum Gasteiger partial charge on any atom is -0.652 e. The Morgan fingerprint density at radius 3 is 1.15 bits per heavy atom. The predicted octanol–water partition coefficient (Wildman–Crippen LogP) is -8.80. The van der Waals surface area contributed by atoms with Gasteiger partial charge >= 0.3 is 68.6 Å². The van der Waals surface area contributed by atoms with Crippen molar-refractivity contribution in [3.8, 4) is 0 Å². The monoisotopic (exact) mass is 228 g/mol. The Hall–Kier alpha value is 1.37. The fourth-order valence-corrected chi connectivity index (χ4v) is 0.866. The first kappa shape index (κ1) is 23.9. The molecule has 68 valence electrons. The van der Waals surface area contributed by atoms with Crippen LogP contribution in [0, 0.1) is 0 Å². The standard InChI is InChI=1S/C3H10O3Si.CH2O3.2Na/c1-4-7(5-2)6-3;2-1(3)4;;/h7H,1-3H3;(H2,2,3,4);;/q;;2*+1/p-2. The summed E-state index contributed by atoms with van der Waals surface area (Å²) in [5.41, 5.74) is 0. The van der Waals surface area contributed by atoms with Crippen molar-refractivity contribution in [3.05, 3.63) is 0 Å². The molecule has 0 N–H and O–H groups in total. The van der Waals surface area contributed by atoms with Gasteiger partial charge in [-0.1, -0.05) is 0 Å². The third-order valence-electron chi connectivity index (χ3n) is 0.577. The van der Waals surface area contributed by atoms with Crippen LogP contribution in [0.4, 0.5) is 4.79 Å². The normalized spacial score (nSPS) is 7.38. The molecule has 0 heterocycles. The first-order chi connectivity index (χ1) is 5.08. The molecule has 0 bridgehead atoms. The van der Waals surface area contributed by atoms with Crippen molar-refractivity contribution in [3.63, 3.8) is 0 Å². The van der Waals surface area contributed by atoms with Crippen LogP contribution < -0.4 is 69.3 Å². The van der Waals surface area contributed by atoms with Gasteiger partial charge in [0.25, 0.3) is 0 Å². The van der Waals surface area contributed by atoms with E-state index < -0.39 is 15.7 Å². The summed E-state index contributed by atoms with van der Waals surface area (Å²) in [7, 11) is 3.05. The maximum absolute atomic E-state index is 8.33. The number of hydrogen-bond donors (Lipinski definition) is 0. The molecule has 0 rings (SSSR count). The minimum absolute atomic E-state index is 0.